The lowest BCUT2D eigenvalue weighted by molar-refractivity contribution is 0.0817. The lowest BCUT2D eigenvalue weighted by atomic mass is 10.0. The molecule has 0 unspecified atom stereocenters. The second-order valence-electron chi connectivity index (χ2n) is 8.33. The number of ether oxygens (including phenoxy) is 3. The molecule has 3 aliphatic rings. The van der Waals surface area contributed by atoms with Crippen molar-refractivity contribution >= 4 is 23.2 Å². The predicted molar refractivity (Wildman–Crippen MR) is 129 cm³/mol. The van der Waals surface area contributed by atoms with Gasteiger partial charge in [0.05, 0.1) is 16.7 Å². The topological polar surface area (TPSA) is 34.2 Å². The van der Waals surface area contributed by atoms with Crippen LogP contribution in [0.2, 0.25) is 10.0 Å². The van der Waals surface area contributed by atoms with Gasteiger partial charge in [-0.1, -0.05) is 47.0 Å². The third kappa shape index (κ3) is 6.92. The minimum absolute atomic E-state index is 0.199. The summed E-state index contributed by atoms with van der Waals surface area (Å²) in [6.07, 6.45) is 14.7. The maximum Gasteiger partial charge on any atom is 0.231 e. The summed E-state index contributed by atoms with van der Waals surface area (Å²) in [5, 5.41) is 0.397. The number of benzene rings is 1. The first-order chi connectivity index (χ1) is 16.1. The molecule has 0 saturated carbocycles. The number of hydrogen-bond donors (Lipinski definition) is 0. The zero-order valence-corrected chi connectivity index (χ0v) is 20.1. The molecule has 5 nitrogen and oxygen atoms in total. The maximum absolute atomic E-state index is 13.2. The third-order valence-corrected chi connectivity index (χ3v) is 6.45. The molecule has 2 heterocycles. The maximum atomic E-state index is 13.2. The monoisotopic (exact) mass is 494 g/mol. The average Bonchev–Trinajstić information content (AvgIpc) is 2.82. The van der Waals surface area contributed by atoms with Crippen LogP contribution in [0.15, 0.2) is 60.1 Å². The van der Waals surface area contributed by atoms with E-state index in [-0.39, 0.29) is 10.0 Å². The molecular formula is C25H29Cl2FN2O3. The van der Waals surface area contributed by atoms with Gasteiger partial charge in [-0.2, -0.15) is 0 Å². The first kappa shape index (κ1) is 24.0. The van der Waals surface area contributed by atoms with Crippen LogP contribution in [-0.4, -0.2) is 49.1 Å². The van der Waals surface area contributed by atoms with Gasteiger partial charge < -0.3 is 19.1 Å². The Morgan fingerprint density at radius 1 is 1.00 bits per heavy atom. The fourth-order valence-corrected chi connectivity index (χ4v) is 4.60. The van der Waals surface area contributed by atoms with Gasteiger partial charge in [0.25, 0.3) is 0 Å². The van der Waals surface area contributed by atoms with Crippen LogP contribution < -0.4 is 4.74 Å². The van der Waals surface area contributed by atoms with Crippen LogP contribution in [0.5, 0.6) is 5.75 Å². The molecule has 1 aliphatic carbocycles. The van der Waals surface area contributed by atoms with E-state index in [1.807, 2.05) is 0 Å². The van der Waals surface area contributed by atoms with Gasteiger partial charge in [-0.05, 0) is 44.4 Å². The molecule has 1 saturated heterocycles. The van der Waals surface area contributed by atoms with Crippen LogP contribution in [0.1, 0.15) is 32.1 Å². The lowest BCUT2D eigenvalue weighted by Gasteiger charge is -2.36. The Balaban J connectivity index is 1.11. The number of piperazine rings is 1. The molecule has 0 N–H and O–H groups in total. The molecule has 0 bridgehead atoms. The molecule has 178 valence electrons. The van der Waals surface area contributed by atoms with Crippen molar-refractivity contribution in [2.75, 3.05) is 39.3 Å². The van der Waals surface area contributed by atoms with Crippen molar-refractivity contribution in [3.05, 3.63) is 76.0 Å². The molecule has 8 heteroatoms. The van der Waals surface area contributed by atoms with Crippen molar-refractivity contribution in [3.63, 3.8) is 0 Å². The van der Waals surface area contributed by atoms with E-state index in [9.17, 15) is 4.39 Å². The SMILES string of the molecule is Fc1cc(Cl)c(OCCCCN2CCN(C3=COC(CC4=CC=CCC4)=CO3)CC2)c(Cl)c1. The van der Waals surface area contributed by atoms with Gasteiger partial charge in [0.15, 0.2) is 12.0 Å². The molecular weight excluding hydrogens is 466 g/mol. The van der Waals surface area contributed by atoms with E-state index in [2.05, 4.69) is 28.0 Å². The molecule has 0 aromatic heterocycles. The summed E-state index contributed by atoms with van der Waals surface area (Å²) in [7, 11) is 0. The van der Waals surface area contributed by atoms with E-state index < -0.39 is 5.82 Å². The normalized spacial score (nSPS) is 18.8. The average molecular weight is 495 g/mol. The zero-order chi connectivity index (χ0) is 23.0. The Bertz CT molecular complexity index is 930. The van der Waals surface area contributed by atoms with Gasteiger partial charge >= 0.3 is 0 Å². The summed E-state index contributed by atoms with van der Waals surface area (Å²) < 4.78 is 30.6. The number of nitrogens with zero attached hydrogens (tertiary/aromatic N) is 2. The van der Waals surface area contributed by atoms with Gasteiger partial charge in [-0.3, -0.25) is 4.90 Å². The standard InChI is InChI=1S/C25H29Cl2FN2O3/c26-22-15-20(28)16-23(27)25(22)31-13-5-4-8-29-9-11-30(12-10-29)24-18-32-21(17-33-24)14-19-6-2-1-3-7-19/h1-2,6,15-18H,3-5,7-14H2. The molecule has 1 aromatic rings. The molecule has 0 atom stereocenters. The highest BCUT2D eigenvalue weighted by atomic mass is 35.5. The molecule has 1 fully saturated rings. The van der Waals surface area contributed by atoms with Crippen molar-refractivity contribution in [1.29, 1.82) is 0 Å². The third-order valence-electron chi connectivity index (χ3n) is 5.89. The van der Waals surface area contributed by atoms with Gasteiger partial charge in [-0.25, -0.2) is 4.39 Å². The van der Waals surface area contributed by atoms with E-state index in [1.54, 1.807) is 12.5 Å². The molecule has 4 rings (SSSR count). The van der Waals surface area contributed by atoms with Crippen LogP contribution >= 0.6 is 23.2 Å². The van der Waals surface area contributed by atoms with Gasteiger partial charge in [0, 0.05) is 32.6 Å². The van der Waals surface area contributed by atoms with Crippen molar-refractivity contribution < 1.29 is 18.6 Å². The van der Waals surface area contributed by atoms with Crippen molar-refractivity contribution in [2.24, 2.45) is 0 Å². The van der Waals surface area contributed by atoms with E-state index in [1.165, 1.54) is 17.7 Å². The van der Waals surface area contributed by atoms with Gasteiger partial charge in [0.2, 0.25) is 5.88 Å². The molecule has 0 spiro atoms. The minimum Gasteiger partial charge on any atom is -0.490 e. The van der Waals surface area contributed by atoms with E-state index in [0.717, 1.165) is 76.5 Å². The second-order valence-corrected chi connectivity index (χ2v) is 9.14. The van der Waals surface area contributed by atoms with Crippen LogP contribution in [-0.2, 0) is 9.47 Å². The van der Waals surface area contributed by atoms with Crippen LogP contribution in [0.3, 0.4) is 0 Å². The molecule has 1 aromatic carbocycles. The van der Waals surface area contributed by atoms with Crippen LogP contribution in [0.4, 0.5) is 4.39 Å². The molecule has 0 amide bonds. The molecule has 0 radical (unpaired) electrons. The number of allylic oxidation sites excluding steroid dienone is 4. The quantitative estimate of drug-likeness (QED) is 0.378. The van der Waals surface area contributed by atoms with Crippen molar-refractivity contribution in [1.82, 2.24) is 9.80 Å². The minimum atomic E-state index is -0.469. The number of unbranched alkanes of at least 4 members (excludes halogenated alkanes) is 1. The Kier molecular flexibility index (Phi) is 8.59. The summed E-state index contributed by atoms with van der Waals surface area (Å²) in [6.45, 7) is 5.20. The first-order valence-electron chi connectivity index (χ1n) is 11.4. The van der Waals surface area contributed by atoms with Crippen molar-refractivity contribution in [2.45, 2.75) is 32.1 Å². The summed E-state index contributed by atoms with van der Waals surface area (Å²) in [5.41, 5.74) is 1.37. The highest BCUT2D eigenvalue weighted by Gasteiger charge is 2.22. The van der Waals surface area contributed by atoms with E-state index in [0.29, 0.717) is 12.4 Å². The fourth-order valence-electron chi connectivity index (χ4n) is 4.03. The Morgan fingerprint density at radius 3 is 2.45 bits per heavy atom. The first-order valence-corrected chi connectivity index (χ1v) is 12.2. The Hall–Kier alpha value is -2.15. The summed E-state index contributed by atoms with van der Waals surface area (Å²) in [6, 6.07) is 2.42. The zero-order valence-electron chi connectivity index (χ0n) is 18.6. The smallest absolute Gasteiger partial charge is 0.231 e. The van der Waals surface area contributed by atoms with Crippen molar-refractivity contribution in [3.8, 4) is 5.75 Å². The highest BCUT2D eigenvalue weighted by molar-refractivity contribution is 6.37. The number of hydrogen-bond acceptors (Lipinski definition) is 5. The molecule has 33 heavy (non-hydrogen) atoms. The fraction of sp³-hybridized carbons (Fsp3) is 0.440. The van der Waals surface area contributed by atoms with E-state index >= 15 is 0 Å². The lowest BCUT2D eigenvalue weighted by Crippen LogP contribution is -2.46. The van der Waals surface area contributed by atoms with Gasteiger partial charge in [0.1, 0.15) is 17.8 Å². The van der Waals surface area contributed by atoms with Gasteiger partial charge in [-0.15, -0.1) is 0 Å². The number of halogens is 3. The second kappa shape index (κ2) is 11.8. The summed E-state index contributed by atoms with van der Waals surface area (Å²) in [5.74, 6) is 1.51. The Labute approximate surface area is 204 Å². The summed E-state index contributed by atoms with van der Waals surface area (Å²) in [4.78, 5) is 4.65. The molecule has 2 aliphatic heterocycles. The van der Waals surface area contributed by atoms with E-state index in [4.69, 9.17) is 37.4 Å². The van der Waals surface area contributed by atoms with Crippen LogP contribution in [0.25, 0.3) is 0 Å². The van der Waals surface area contributed by atoms with Crippen LogP contribution in [0, 0.1) is 5.82 Å². The predicted octanol–water partition coefficient (Wildman–Crippen LogP) is 6.26. The highest BCUT2D eigenvalue weighted by Crippen LogP contribution is 2.33. The summed E-state index contributed by atoms with van der Waals surface area (Å²) >= 11 is 12.0. The number of rotatable bonds is 9. The largest absolute Gasteiger partial charge is 0.490 e. The Morgan fingerprint density at radius 2 is 1.79 bits per heavy atom.